The van der Waals surface area contributed by atoms with Crippen LogP contribution in [0.25, 0.3) is 0 Å². The quantitative estimate of drug-likeness (QED) is 0.663. The molecule has 0 aliphatic heterocycles. The Morgan fingerprint density at radius 2 is 2.05 bits per heavy atom. The summed E-state index contributed by atoms with van der Waals surface area (Å²) in [6, 6.07) is 8.25. The number of hydrogen-bond donors (Lipinski definition) is 2. The Labute approximate surface area is 120 Å². The molecular formula is C13H13ClN4O2. The molecule has 1 aromatic carbocycles. The predicted octanol–water partition coefficient (Wildman–Crippen LogP) is 3.74. The molecule has 0 saturated heterocycles. The third kappa shape index (κ3) is 2.97. The normalized spacial score (nSPS) is 10.2. The van der Waals surface area contributed by atoms with Crippen molar-refractivity contribution in [3.63, 3.8) is 0 Å². The van der Waals surface area contributed by atoms with Crippen LogP contribution in [0.2, 0.25) is 5.02 Å². The van der Waals surface area contributed by atoms with Gasteiger partial charge < -0.3 is 10.6 Å². The predicted molar refractivity (Wildman–Crippen MR) is 79.9 cm³/mol. The largest absolute Gasteiger partial charge is 0.373 e. The fourth-order valence-corrected chi connectivity index (χ4v) is 1.86. The lowest BCUT2D eigenvalue weighted by molar-refractivity contribution is -0.384. The highest BCUT2D eigenvalue weighted by Crippen LogP contribution is 2.29. The number of benzene rings is 1. The van der Waals surface area contributed by atoms with Gasteiger partial charge in [-0.05, 0) is 30.7 Å². The van der Waals surface area contributed by atoms with E-state index in [-0.39, 0.29) is 11.5 Å². The lowest BCUT2D eigenvalue weighted by Gasteiger charge is -2.10. The number of nitrogens with one attached hydrogen (secondary N) is 2. The number of nitrogens with zero attached hydrogens (tertiary/aromatic N) is 2. The Morgan fingerprint density at radius 3 is 2.70 bits per heavy atom. The molecule has 20 heavy (non-hydrogen) atoms. The first-order valence-electron chi connectivity index (χ1n) is 5.87. The fraction of sp³-hybridized carbons (Fsp3) is 0.154. The molecular weight excluding hydrogens is 280 g/mol. The number of aromatic nitrogens is 1. The van der Waals surface area contributed by atoms with Gasteiger partial charge in [0.1, 0.15) is 5.82 Å². The minimum absolute atomic E-state index is 0.0941. The summed E-state index contributed by atoms with van der Waals surface area (Å²) in [5, 5.41) is 17.4. The molecule has 2 N–H and O–H groups in total. The number of rotatable bonds is 4. The molecule has 2 aromatic rings. The van der Waals surface area contributed by atoms with Crippen molar-refractivity contribution in [2.45, 2.75) is 6.92 Å². The number of pyridine rings is 1. The van der Waals surface area contributed by atoms with Gasteiger partial charge in [-0.15, -0.1) is 0 Å². The van der Waals surface area contributed by atoms with Crippen molar-refractivity contribution in [1.82, 2.24) is 4.98 Å². The van der Waals surface area contributed by atoms with Gasteiger partial charge in [-0.2, -0.15) is 0 Å². The number of halogens is 1. The summed E-state index contributed by atoms with van der Waals surface area (Å²) in [6.07, 6.45) is 0. The van der Waals surface area contributed by atoms with Crippen molar-refractivity contribution in [1.29, 1.82) is 0 Å². The number of hydrogen-bond acceptors (Lipinski definition) is 5. The third-order valence-electron chi connectivity index (χ3n) is 2.78. The topological polar surface area (TPSA) is 80.1 Å². The van der Waals surface area contributed by atoms with Crippen molar-refractivity contribution < 1.29 is 4.92 Å². The van der Waals surface area contributed by atoms with Crippen LogP contribution >= 0.6 is 11.6 Å². The summed E-state index contributed by atoms with van der Waals surface area (Å²) in [5.41, 5.74) is 1.50. The van der Waals surface area contributed by atoms with Gasteiger partial charge in [0.15, 0.2) is 0 Å². The third-order valence-corrected chi connectivity index (χ3v) is 3.01. The second-order valence-electron chi connectivity index (χ2n) is 4.16. The van der Waals surface area contributed by atoms with Gasteiger partial charge >= 0.3 is 5.69 Å². The van der Waals surface area contributed by atoms with Gasteiger partial charge in [0.2, 0.25) is 5.82 Å². The van der Waals surface area contributed by atoms with E-state index in [0.717, 1.165) is 5.56 Å². The van der Waals surface area contributed by atoms with Gasteiger partial charge in [0, 0.05) is 23.8 Å². The molecule has 0 amide bonds. The first-order valence-corrected chi connectivity index (χ1v) is 6.25. The molecule has 7 heteroatoms. The number of nitro groups is 1. The zero-order valence-corrected chi connectivity index (χ0v) is 11.7. The molecule has 0 aliphatic rings. The average molecular weight is 293 g/mol. The molecule has 0 bridgehead atoms. The summed E-state index contributed by atoms with van der Waals surface area (Å²) >= 11 is 5.94. The first-order chi connectivity index (χ1) is 9.51. The summed E-state index contributed by atoms with van der Waals surface area (Å²) in [7, 11) is 1.70. The highest BCUT2D eigenvalue weighted by molar-refractivity contribution is 6.30. The smallest absolute Gasteiger partial charge is 0.311 e. The average Bonchev–Trinajstić information content (AvgIpc) is 2.42. The van der Waals surface area contributed by atoms with E-state index < -0.39 is 4.92 Å². The number of aryl methyl sites for hydroxylation is 1. The van der Waals surface area contributed by atoms with E-state index in [0.29, 0.717) is 16.5 Å². The Balaban J connectivity index is 2.45. The number of anilines is 3. The maximum atomic E-state index is 11.0. The fourth-order valence-electron chi connectivity index (χ4n) is 1.69. The highest BCUT2D eigenvalue weighted by Gasteiger charge is 2.16. The SMILES string of the molecule is CNc1ccc([N+](=O)[O-])c(Nc2cc(Cl)ccc2C)n1. The Hall–Kier alpha value is -2.34. The molecule has 0 radical (unpaired) electrons. The van der Waals surface area contributed by atoms with E-state index in [9.17, 15) is 10.1 Å². The van der Waals surface area contributed by atoms with Crippen LogP contribution in [0, 0.1) is 17.0 Å². The summed E-state index contributed by atoms with van der Waals surface area (Å²) in [6.45, 7) is 1.88. The van der Waals surface area contributed by atoms with Crippen LogP contribution in [0.15, 0.2) is 30.3 Å². The van der Waals surface area contributed by atoms with Crippen LogP contribution in [0.1, 0.15) is 5.56 Å². The molecule has 0 unspecified atom stereocenters. The summed E-state index contributed by atoms with van der Waals surface area (Å²) in [4.78, 5) is 14.7. The van der Waals surface area contributed by atoms with Gasteiger partial charge in [-0.25, -0.2) is 4.98 Å². The molecule has 0 aliphatic carbocycles. The highest BCUT2D eigenvalue weighted by atomic mass is 35.5. The monoisotopic (exact) mass is 292 g/mol. The van der Waals surface area contributed by atoms with E-state index in [1.807, 2.05) is 13.0 Å². The van der Waals surface area contributed by atoms with Crippen LogP contribution in [0.4, 0.5) is 23.0 Å². The zero-order valence-electron chi connectivity index (χ0n) is 11.0. The molecule has 104 valence electrons. The molecule has 1 heterocycles. The van der Waals surface area contributed by atoms with Crippen molar-refractivity contribution in [3.05, 3.63) is 51.0 Å². The van der Waals surface area contributed by atoms with Crippen molar-refractivity contribution in [3.8, 4) is 0 Å². The molecule has 0 saturated carbocycles. The van der Waals surface area contributed by atoms with E-state index in [1.165, 1.54) is 6.07 Å². The van der Waals surface area contributed by atoms with E-state index in [1.54, 1.807) is 25.2 Å². The standard InChI is InChI=1S/C13H13ClN4O2/c1-8-3-4-9(14)7-10(8)16-13-11(18(19)20)5-6-12(15-2)17-13/h3-7H,1-2H3,(H2,15,16,17). The molecule has 0 spiro atoms. The lowest BCUT2D eigenvalue weighted by atomic mass is 10.2. The van der Waals surface area contributed by atoms with Crippen LogP contribution in [-0.4, -0.2) is 17.0 Å². The summed E-state index contributed by atoms with van der Waals surface area (Å²) in [5.74, 6) is 0.713. The maximum Gasteiger partial charge on any atom is 0.311 e. The second-order valence-corrected chi connectivity index (χ2v) is 4.59. The Bertz CT molecular complexity index is 661. The Kier molecular flexibility index (Phi) is 4.05. The van der Waals surface area contributed by atoms with Crippen LogP contribution in [0.3, 0.4) is 0 Å². The van der Waals surface area contributed by atoms with Crippen LogP contribution in [0.5, 0.6) is 0 Å². The molecule has 2 rings (SSSR count). The van der Waals surface area contributed by atoms with E-state index >= 15 is 0 Å². The zero-order chi connectivity index (χ0) is 14.7. The second kappa shape index (κ2) is 5.75. The van der Waals surface area contributed by atoms with Gasteiger partial charge in [0.25, 0.3) is 0 Å². The van der Waals surface area contributed by atoms with Crippen LogP contribution < -0.4 is 10.6 Å². The van der Waals surface area contributed by atoms with Gasteiger partial charge in [-0.1, -0.05) is 17.7 Å². The first kappa shape index (κ1) is 14.1. The molecule has 1 aromatic heterocycles. The minimum atomic E-state index is -0.478. The lowest BCUT2D eigenvalue weighted by Crippen LogP contribution is -2.03. The summed E-state index contributed by atoms with van der Waals surface area (Å²) < 4.78 is 0. The Morgan fingerprint density at radius 1 is 1.30 bits per heavy atom. The molecule has 6 nitrogen and oxygen atoms in total. The van der Waals surface area contributed by atoms with Crippen molar-refractivity contribution >= 4 is 34.6 Å². The minimum Gasteiger partial charge on any atom is -0.373 e. The van der Waals surface area contributed by atoms with Crippen molar-refractivity contribution in [2.24, 2.45) is 0 Å². The van der Waals surface area contributed by atoms with Crippen molar-refractivity contribution in [2.75, 3.05) is 17.7 Å². The van der Waals surface area contributed by atoms with E-state index in [2.05, 4.69) is 15.6 Å². The molecule has 0 atom stereocenters. The van der Waals surface area contributed by atoms with Gasteiger partial charge in [-0.3, -0.25) is 10.1 Å². The van der Waals surface area contributed by atoms with E-state index in [4.69, 9.17) is 11.6 Å². The molecule has 0 fully saturated rings. The maximum absolute atomic E-state index is 11.0. The van der Waals surface area contributed by atoms with Crippen LogP contribution in [-0.2, 0) is 0 Å². The van der Waals surface area contributed by atoms with Gasteiger partial charge in [0.05, 0.1) is 4.92 Å².